The average Bonchev–Trinajstić information content (AvgIpc) is 4.20. The number of amides is 4. The Hall–Kier alpha value is -7.07. The normalized spacial score (nSPS) is 18.7. The van der Waals surface area contributed by atoms with Crippen LogP contribution in [0, 0.1) is 5.92 Å². The highest BCUT2D eigenvalue weighted by atomic mass is 16.6. The molecule has 6 aromatic rings. The molecule has 4 atom stereocenters. The summed E-state index contributed by atoms with van der Waals surface area (Å²) in [4.78, 5) is 78.3. The van der Waals surface area contributed by atoms with Crippen molar-refractivity contribution in [2.75, 3.05) is 33.4 Å². The number of rotatable bonds is 11. The second-order valence-electron chi connectivity index (χ2n) is 18.5. The third kappa shape index (κ3) is 10.0. The van der Waals surface area contributed by atoms with Gasteiger partial charge in [-0.15, -0.1) is 0 Å². The van der Waals surface area contributed by atoms with Gasteiger partial charge in [0.1, 0.15) is 29.3 Å². The number of nitrogens with one attached hydrogen (secondary N) is 4. The van der Waals surface area contributed by atoms with Gasteiger partial charge in [0.05, 0.1) is 48.7 Å². The van der Waals surface area contributed by atoms with Gasteiger partial charge in [-0.3, -0.25) is 14.6 Å². The summed E-state index contributed by atoms with van der Waals surface area (Å²) in [5.74, 6) is 1.02. The summed E-state index contributed by atoms with van der Waals surface area (Å²) in [6.07, 6.45) is 8.72. The predicted molar refractivity (Wildman–Crippen MR) is 251 cm³/mol. The van der Waals surface area contributed by atoms with Crippen LogP contribution in [0.3, 0.4) is 0 Å². The largest absolute Gasteiger partial charge is 0.453 e. The Morgan fingerprint density at radius 1 is 0.687 bits per heavy atom. The number of hydrogen-bond acceptors (Lipinski definition) is 10. The molecule has 16 nitrogen and oxygen atoms in total. The molecule has 0 bridgehead atoms. The number of hydrogen-bond donors (Lipinski definition) is 4. The van der Waals surface area contributed by atoms with Crippen LogP contribution in [0.1, 0.15) is 94.6 Å². The van der Waals surface area contributed by atoms with Gasteiger partial charge < -0.3 is 44.6 Å². The first-order valence-electron chi connectivity index (χ1n) is 23.1. The van der Waals surface area contributed by atoms with Crippen molar-refractivity contribution in [2.45, 2.75) is 89.1 Å². The molecule has 67 heavy (non-hydrogen) atoms. The van der Waals surface area contributed by atoms with Gasteiger partial charge >= 0.3 is 12.2 Å². The number of alkyl carbamates (subject to hydrolysis) is 2. The second kappa shape index (κ2) is 19.4. The Morgan fingerprint density at radius 2 is 1.30 bits per heavy atom. The number of ether oxygens (including phenoxy) is 3. The van der Waals surface area contributed by atoms with Crippen LogP contribution in [0.15, 0.2) is 97.5 Å². The maximum absolute atomic E-state index is 14.2. The van der Waals surface area contributed by atoms with Gasteiger partial charge in [-0.2, -0.15) is 0 Å². The molecule has 3 aromatic heterocycles. The fourth-order valence-corrected chi connectivity index (χ4v) is 9.54. The molecule has 0 unspecified atom stereocenters. The summed E-state index contributed by atoms with van der Waals surface area (Å²) in [7, 11) is 1.31. The fourth-order valence-electron chi connectivity index (χ4n) is 9.54. The molecule has 0 aliphatic carbocycles. The number of fused-ring (bicyclic) bond motifs is 1. The van der Waals surface area contributed by atoms with Gasteiger partial charge in [-0.1, -0.05) is 66.7 Å². The van der Waals surface area contributed by atoms with Gasteiger partial charge in [0.15, 0.2) is 0 Å². The minimum absolute atomic E-state index is 0.0377. The van der Waals surface area contributed by atoms with Crippen LogP contribution in [-0.4, -0.2) is 104 Å². The second-order valence-corrected chi connectivity index (χ2v) is 18.5. The molecule has 3 aliphatic heterocycles. The molecule has 348 valence electrons. The molecule has 6 heterocycles. The van der Waals surface area contributed by atoms with Crippen molar-refractivity contribution in [1.29, 1.82) is 0 Å². The van der Waals surface area contributed by atoms with Gasteiger partial charge in [0.25, 0.3) is 5.91 Å². The van der Waals surface area contributed by atoms with E-state index >= 15 is 0 Å². The highest BCUT2D eigenvalue weighted by molar-refractivity contribution is 5.90. The van der Waals surface area contributed by atoms with Crippen LogP contribution >= 0.6 is 0 Å². The molecule has 16 heteroatoms. The Morgan fingerprint density at radius 3 is 1.94 bits per heavy atom. The third-order valence-corrected chi connectivity index (χ3v) is 12.9. The zero-order chi connectivity index (χ0) is 46.7. The van der Waals surface area contributed by atoms with Crippen LogP contribution in [-0.2, 0) is 23.8 Å². The van der Waals surface area contributed by atoms with E-state index in [1.807, 2.05) is 71.9 Å². The molecule has 3 saturated heterocycles. The lowest BCUT2D eigenvalue weighted by Crippen LogP contribution is -2.53. The zero-order valence-electron chi connectivity index (χ0n) is 38.3. The smallest absolute Gasteiger partial charge is 0.408 e. The van der Waals surface area contributed by atoms with E-state index in [1.54, 1.807) is 31.9 Å². The Bertz CT molecular complexity index is 2720. The van der Waals surface area contributed by atoms with Crippen LogP contribution in [0.2, 0.25) is 0 Å². The van der Waals surface area contributed by atoms with Gasteiger partial charge in [-0.25, -0.2) is 19.6 Å². The first-order valence-corrected chi connectivity index (χ1v) is 23.1. The van der Waals surface area contributed by atoms with E-state index in [9.17, 15) is 19.2 Å². The molecule has 9 rings (SSSR count). The summed E-state index contributed by atoms with van der Waals surface area (Å²) in [6.45, 7) is 7.59. The number of benzene rings is 3. The van der Waals surface area contributed by atoms with Crippen molar-refractivity contribution in [3.63, 3.8) is 0 Å². The Labute approximate surface area is 389 Å². The molecule has 0 radical (unpaired) electrons. The standard InChI is InChI=1S/C51H57N9O7/c1-51(2,3)67-50(64)58-43(33-10-6-5-7-11-33)47(61)59-22-8-12-41(59)45-53-29-39(55-45)32-16-14-31(15-17-32)38-27-35-18-19-36(26-37(35)28-52-38)40-30-54-46(56-40)42-13-9-23-60(42)48(62)44(57-49(63)65-4)34-20-24-66-25-21-34/h5-7,10-11,14-19,26-30,34,41-44H,8-9,12-13,20-25H2,1-4H3,(H,53,55)(H,54,56)(H,57,63)(H,58,64)/t41-,42-,43+,44-/m0/s1. The summed E-state index contributed by atoms with van der Waals surface area (Å²) >= 11 is 0. The number of pyridine rings is 1. The van der Waals surface area contributed by atoms with Crippen molar-refractivity contribution < 1.29 is 33.4 Å². The maximum Gasteiger partial charge on any atom is 0.408 e. The highest BCUT2D eigenvalue weighted by Gasteiger charge is 2.41. The number of aromatic amines is 2. The summed E-state index contributed by atoms with van der Waals surface area (Å²) in [5, 5.41) is 7.64. The maximum atomic E-state index is 14.2. The van der Waals surface area contributed by atoms with E-state index in [1.165, 1.54) is 7.11 Å². The fraction of sp³-hybridized carbons (Fsp3) is 0.392. The molecule has 4 amide bonds. The van der Waals surface area contributed by atoms with Crippen molar-refractivity contribution in [2.24, 2.45) is 5.92 Å². The summed E-state index contributed by atoms with van der Waals surface area (Å²) in [5.41, 5.74) is 5.32. The van der Waals surface area contributed by atoms with E-state index < -0.39 is 29.9 Å². The molecule has 0 saturated carbocycles. The van der Waals surface area contributed by atoms with Gasteiger partial charge in [0.2, 0.25) is 5.91 Å². The molecule has 3 fully saturated rings. The first kappa shape index (κ1) is 45.1. The minimum atomic E-state index is -0.913. The summed E-state index contributed by atoms with van der Waals surface area (Å²) < 4.78 is 15.9. The number of carbonyl (C=O) groups is 4. The number of H-pyrrole nitrogens is 2. The number of methoxy groups -OCH3 is 1. The monoisotopic (exact) mass is 907 g/mol. The molecule has 3 aromatic carbocycles. The predicted octanol–water partition coefficient (Wildman–Crippen LogP) is 8.43. The number of nitrogens with zero attached hydrogens (tertiary/aromatic N) is 5. The SMILES string of the molecule is COC(=O)N[C@H](C(=O)N1CCC[C@H]1c1ncc(-c2ccc3cc(-c4ccc(-c5cnc([C@@H]6CCCN6C(=O)[C@H](NC(=O)OC(C)(C)C)c6ccccc6)[nH]5)cc4)ncc3c2)[nH]1)C1CCOCC1. The van der Waals surface area contributed by atoms with Crippen molar-refractivity contribution in [3.8, 4) is 33.8 Å². The number of imidazole rings is 2. The van der Waals surface area contributed by atoms with E-state index in [-0.39, 0.29) is 29.8 Å². The van der Waals surface area contributed by atoms with Crippen LogP contribution < -0.4 is 10.6 Å². The molecular weight excluding hydrogens is 851 g/mol. The van der Waals surface area contributed by atoms with Crippen molar-refractivity contribution in [1.82, 2.24) is 45.4 Å². The quantitative estimate of drug-likeness (QED) is 0.0980. The van der Waals surface area contributed by atoms with E-state index in [4.69, 9.17) is 29.2 Å². The third-order valence-electron chi connectivity index (χ3n) is 12.9. The number of carbonyl (C=O) groups excluding carboxylic acids is 4. The lowest BCUT2D eigenvalue weighted by Gasteiger charge is -2.34. The van der Waals surface area contributed by atoms with Crippen molar-refractivity contribution in [3.05, 3.63) is 115 Å². The summed E-state index contributed by atoms with van der Waals surface area (Å²) in [6, 6.07) is 23.5. The zero-order valence-corrected chi connectivity index (χ0v) is 38.3. The topological polar surface area (TPSA) is 197 Å². The first-order chi connectivity index (χ1) is 32.4. The van der Waals surface area contributed by atoms with Crippen LogP contribution in [0.4, 0.5) is 9.59 Å². The highest BCUT2D eigenvalue weighted by Crippen LogP contribution is 2.37. The van der Waals surface area contributed by atoms with E-state index in [0.717, 1.165) is 70.2 Å². The average molecular weight is 908 g/mol. The van der Waals surface area contributed by atoms with Gasteiger partial charge in [0, 0.05) is 49.0 Å². The number of aromatic nitrogens is 5. The van der Waals surface area contributed by atoms with Gasteiger partial charge in [-0.05, 0) is 93.9 Å². The van der Waals surface area contributed by atoms with E-state index in [0.29, 0.717) is 56.4 Å². The Kier molecular flexibility index (Phi) is 13.1. The lowest BCUT2D eigenvalue weighted by atomic mass is 9.90. The van der Waals surface area contributed by atoms with Crippen LogP contribution in [0.25, 0.3) is 44.5 Å². The molecule has 3 aliphatic rings. The lowest BCUT2D eigenvalue weighted by molar-refractivity contribution is -0.137. The molecule has 4 N–H and O–H groups in total. The minimum Gasteiger partial charge on any atom is -0.453 e. The number of likely N-dealkylation sites (tertiary alicyclic amines) is 2. The molecular formula is C51H57N9O7. The Balaban J connectivity index is 0.864. The van der Waals surface area contributed by atoms with Crippen LogP contribution in [0.5, 0.6) is 0 Å². The van der Waals surface area contributed by atoms with E-state index in [2.05, 4.69) is 44.9 Å². The van der Waals surface area contributed by atoms with Crippen molar-refractivity contribution >= 4 is 34.8 Å². The molecule has 0 spiro atoms.